The quantitative estimate of drug-likeness (QED) is 0.494. The molecule has 0 aromatic carbocycles. The minimum Gasteiger partial charge on any atom is -0.378 e. The summed E-state index contributed by atoms with van der Waals surface area (Å²) in [5.74, 6) is -0.253. The topological polar surface area (TPSA) is 110 Å². The van der Waals surface area contributed by atoms with Gasteiger partial charge in [-0.15, -0.1) is 0 Å². The Morgan fingerprint density at radius 3 is 2.81 bits per heavy atom. The normalized spacial score (nSPS) is 16.4. The third-order valence-electron chi connectivity index (χ3n) is 3.01. The second kappa shape index (κ2) is 6.64. The van der Waals surface area contributed by atoms with Crippen LogP contribution >= 0.6 is 11.6 Å². The maximum absolute atomic E-state index is 12.2. The van der Waals surface area contributed by atoms with Gasteiger partial charge in [0, 0.05) is 13.1 Å². The number of carbonyl (C=O) groups is 1. The molecule has 1 aromatic heterocycles. The van der Waals surface area contributed by atoms with E-state index in [1.54, 1.807) is 11.8 Å². The van der Waals surface area contributed by atoms with Crippen LogP contribution in [0.2, 0.25) is 5.15 Å². The number of halogens is 1. The van der Waals surface area contributed by atoms with E-state index in [1.165, 1.54) is 0 Å². The highest BCUT2D eigenvalue weighted by molar-refractivity contribution is 6.31. The second-order valence-electron chi connectivity index (χ2n) is 4.42. The Hall–Kier alpha value is -2.00. The summed E-state index contributed by atoms with van der Waals surface area (Å²) < 4.78 is 5.17. The second-order valence-corrected chi connectivity index (χ2v) is 4.78. The van der Waals surface area contributed by atoms with E-state index in [-0.39, 0.29) is 16.9 Å². The Morgan fingerprint density at radius 1 is 1.52 bits per heavy atom. The van der Waals surface area contributed by atoms with Crippen molar-refractivity contribution in [1.29, 1.82) is 0 Å². The SMILES string of the molecule is CC(Nc1ncnc(Cl)c1[N+](=O)[O-])C(=O)N1CCOCC1. The maximum Gasteiger partial charge on any atom is 0.348 e. The molecule has 2 rings (SSSR count). The first-order valence-corrected chi connectivity index (χ1v) is 6.66. The molecule has 0 spiro atoms. The van der Waals surface area contributed by atoms with Crippen LogP contribution < -0.4 is 5.32 Å². The molecule has 1 aliphatic heterocycles. The molecule has 1 saturated heterocycles. The molecule has 1 atom stereocenters. The van der Waals surface area contributed by atoms with E-state index in [0.29, 0.717) is 26.3 Å². The van der Waals surface area contributed by atoms with E-state index in [0.717, 1.165) is 6.33 Å². The average molecular weight is 316 g/mol. The van der Waals surface area contributed by atoms with Gasteiger partial charge in [-0.3, -0.25) is 14.9 Å². The van der Waals surface area contributed by atoms with Crippen molar-refractivity contribution in [3.63, 3.8) is 0 Å². The van der Waals surface area contributed by atoms with Gasteiger partial charge in [-0.2, -0.15) is 0 Å². The van der Waals surface area contributed by atoms with Crippen molar-refractivity contribution in [1.82, 2.24) is 14.9 Å². The predicted molar refractivity (Wildman–Crippen MR) is 74.2 cm³/mol. The van der Waals surface area contributed by atoms with Gasteiger partial charge in [0.2, 0.25) is 16.9 Å². The van der Waals surface area contributed by atoms with Crippen molar-refractivity contribution < 1.29 is 14.5 Å². The Balaban J connectivity index is 2.12. The molecule has 2 heterocycles. The zero-order valence-corrected chi connectivity index (χ0v) is 12.0. The lowest BCUT2D eigenvalue weighted by Crippen LogP contribution is -2.47. The molecule has 1 N–H and O–H groups in total. The van der Waals surface area contributed by atoms with Gasteiger partial charge < -0.3 is 15.0 Å². The lowest BCUT2D eigenvalue weighted by Gasteiger charge is -2.29. The monoisotopic (exact) mass is 315 g/mol. The Labute approximate surface area is 125 Å². The van der Waals surface area contributed by atoms with Crippen LogP contribution in [0.25, 0.3) is 0 Å². The van der Waals surface area contributed by atoms with E-state index < -0.39 is 16.7 Å². The third-order valence-corrected chi connectivity index (χ3v) is 3.28. The highest BCUT2D eigenvalue weighted by Crippen LogP contribution is 2.28. The first-order valence-electron chi connectivity index (χ1n) is 6.28. The van der Waals surface area contributed by atoms with Gasteiger partial charge in [0.1, 0.15) is 12.4 Å². The van der Waals surface area contributed by atoms with Crippen LogP contribution in [-0.4, -0.2) is 58.0 Å². The van der Waals surface area contributed by atoms with Crippen LogP contribution in [0.1, 0.15) is 6.92 Å². The zero-order valence-electron chi connectivity index (χ0n) is 11.3. The molecule has 1 unspecified atom stereocenters. The van der Waals surface area contributed by atoms with Crippen molar-refractivity contribution in [2.45, 2.75) is 13.0 Å². The summed E-state index contributed by atoms with van der Waals surface area (Å²) in [4.78, 5) is 31.5. The molecule has 0 aliphatic carbocycles. The number of nitro groups is 1. The van der Waals surface area contributed by atoms with Crippen molar-refractivity contribution in [3.05, 3.63) is 21.6 Å². The molecule has 0 saturated carbocycles. The molecule has 1 amide bonds. The minimum atomic E-state index is -0.684. The van der Waals surface area contributed by atoms with Gasteiger partial charge in [-0.05, 0) is 6.92 Å². The largest absolute Gasteiger partial charge is 0.378 e. The first-order chi connectivity index (χ1) is 10.0. The number of nitrogens with zero attached hydrogens (tertiary/aromatic N) is 4. The molecular formula is C11H14ClN5O4. The van der Waals surface area contributed by atoms with Gasteiger partial charge in [0.05, 0.1) is 18.1 Å². The summed E-state index contributed by atoms with van der Waals surface area (Å²) in [6.07, 6.45) is 1.10. The van der Waals surface area contributed by atoms with E-state index in [4.69, 9.17) is 16.3 Å². The lowest BCUT2D eigenvalue weighted by molar-refractivity contribution is -0.384. The molecule has 0 bridgehead atoms. The van der Waals surface area contributed by atoms with Crippen LogP contribution in [-0.2, 0) is 9.53 Å². The number of rotatable bonds is 4. The summed E-state index contributed by atoms with van der Waals surface area (Å²) in [7, 11) is 0. The molecular weight excluding hydrogens is 302 g/mol. The Kier molecular flexibility index (Phi) is 4.86. The van der Waals surface area contributed by atoms with Gasteiger partial charge in [-0.1, -0.05) is 11.6 Å². The molecule has 0 radical (unpaired) electrons. The number of hydrogen-bond acceptors (Lipinski definition) is 7. The number of nitrogens with one attached hydrogen (secondary N) is 1. The van der Waals surface area contributed by atoms with Crippen molar-refractivity contribution in [2.24, 2.45) is 0 Å². The number of hydrogen-bond donors (Lipinski definition) is 1. The van der Waals surface area contributed by atoms with Crippen LogP contribution in [0.15, 0.2) is 6.33 Å². The predicted octanol–water partition coefficient (Wildman–Crippen LogP) is 0.697. The highest BCUT2D eigenvalue weighted by atomic mass is 35.5. The molecule has 1 aromatic rings. The fourth-order valence-electron chi connectivity index (χ4n) is 1.95. The molecule has 1 aliphatic rings. The van der Waals surface area contributed by atoms with Crippen LogP contribution in [0, 0.1) is 10.1 Å². The van der Waals surface area contributed by atoms with Gasteiger partial charge in [0.15, 0.2) is 0 Å². The molecule has 21 heavy (non-hydrogen) atoms. The summed E-state index contributed by atoms with van der Waals surface area (Å²) in [6.45, 7) is 3.57. The standard InChI is InChI=1S/C11H14ClN5O4/c1-7(11(18)16-2-4-21-5-3-16)15-10-8(17(19)20)9(12)13-6-14-10/h6-7H,2-5H2,1H3,(H,13,14,15). The van der Waals surface area contributed by atoms with Crippen LogP contribution in [0.4, 0.5) is 11.5 Å². The molecule has 10 heteroatoms. The van der Waals surface area contributed by atoms with Crippen LogP contribution in [0.3, 0.4) is 0 Å². The molecule has 9 nitrogen and oxygen atoms in total. The summed E-state index contributed by atoms with van der Waals surface area (Å²) in [5.41, 5.74) is -0.444. The first kappa shape index (κ1) is 15.4. The summed E-state index contributed by atoms with van der Waals surface area (Å²) in [6, 6.07) is -0.673. The smallest absolute Gasteiger partial charge is 0.348 e. The van der Waals surface area contributed by atoms with Gasteiger partial charge >= 0.3 is 5.69 Å². The number of amides is 1. The number of ether oxygens (including phenoxy) is 1. The fourth-order valence-corrected chi connectivity index (χ4v) is 2.15. The van der Waals surface area contributed by atoms with Crippen molar-refractivity contribution in [3.8, 4) is 0 Å². The van der Waals surface area contributed by atoms with Crippen molar-refractivity contribution >= 4 is 29.0 Å². The minimum absolute atomic E-state index is 0.0749. The van der Waals surface area contributed by atoms with Crippen molar-refractivity contribution in [2.75, 3.05) is 31.6 Å². The fraction of sp³-hybridized carbons (Fsp3) is 0.545. The average Bonchev–Trinajstić information content (AvgIpc) is 2.47. The number of carbonyl (C=O) groups excluding carboxylic acids is 1. The highest BCUT2D eigenvalue weighted by Gasteiger charge is 2.27. The molecule has 1 fully saturated rings. The summed E-state index contributed by atoms with van der Waals surface area (Å²) >= 11 is 5.69. The van der Waals surface area contributed by atoms with Crippen LogP contribution in [0.5, 0.6) is 0 Å². The Bertz CT molecular complexity index is 549. The lowest BCUT2D eigenvalue weighted by atomic mass is 10.2. The molecule has 114 valence electrons. The van der Waals surface area contributed by atoms with E-state index in [2.05, 4.69) is 15.3 Å². The number of aromatic nitrogens is 2. The van der Waals surface area contributed by atoms with E-state index >= 15 is 0 Å². The zero-order chi connectivity index (χ0) is 15.4. The maximum atomic E-state index is 12.2. The van der Waals surface area contributed by atoms with Gasteiger partial charge in [0.25, 0.3) is 0 Å². The number of anilines is 1. The third kappa shape index (κ3) is 3.56. The van der Waals surface area contributed by atoms with E-state index in [1.807, 2.05) is 0 Å². The Morgan fingerprint density at radius 2 is 2.19 bits per heavy atom. The van der Waals surface area contributed by atoms with E-state index in [9.17, 15) is 14.9 Å². The number of morpholine rings is 1. The van der Waals surface area contributed by atoms with Gasteiger partial charge in [-0.25, -0.2) is 9.97 Å². The summed E-state index contributed by atoms with van der Waals surface area (Å²) in [5, 5.41) is 13.4.